The number of ether oxygens (including phenoxy) is 2. The lowest BCUT2D eigenvalue weighted by atomic mass is 10.0. The minimum Gasteiger partial charge on any atom is -0.495 e. The Morgan fingerprint density at radius 2 is 1.90 bits per heavy atom. The molecule has 0 bridgehead atoms. The van der Waals surface area contributed by atoms with Crippen LogP contribution in [-0.4, -0.2) is 49.5 Å². The summed E-state index contributed by atoms with van der Waals surface area (Å²) in [5.74, 6) is 1.46. The van der Waals surface area contributed by atoms with Gasteiger partial charge < -0.3 is 20.1 Å². The molecule has 4 rings (SSSR count). The molecule has 1 aliphatic heterocycles. The summed E-state index contributed by atoms with van der Waals surface area (Å²) in [7, 11) is 3.08. The van der Waals surface area contributed by atoms with Crippen LogP contribution in [-0.2, 0) is 0 Å². The number of nitrogens with zero attached hydrogens (tertiary/aromatic N) is 2. The predicted molar refractivity (Wildman–Crippen MR) is 118 cm³/mol. The van der Waals surface area contributed by atoms with Gasteiger partial charge in [-0.05, 0) is 24.1 Å². The van der Waals surface area contributed by atoms with Crippen LogP contribution in [0.15, 0.2) is 30.5 Å². The Morgan fingerprint density at radius 1 is 1.17 bits per heavy atom. The van der Waals surface area contributed by atoms with Crippen molar-refractivity contribution in [1.29, 1.82) is 0 Å². The molecule has 2 aromatic carbocycles. The molecule has 2 N–H and O–H groups in total. The SMILES string of the molecule is COc1cc(OC)c(Cl)c(-c2ccc3nc(N[C@@H]4CN[C@H](CF)C4)ncc3c2)c1Cl. The maximum absolute atomic E-state index is 12.8. The first kappa shape index (κ1) is 20.9. The molecule has 2 heterocycles. The van der Waals surface area contributed by atoms with Crippen LogP contribution in [0.5, 0.6) is 11.5 Å². The summed E-state index contributed by atoms with van der Waals surface area (Å²) in [6, 6.07) is 7.33. The predicted octanol–water partition coefficient (Wildman–Crippen LogP) is 4.73. The average molecular weight is 451 g/mol. The molecule has 0 radical (unpaired) electrons. The fourth-order valence-corrected chi connectivity index (χ4v) is 4.35. The lowest BCUT2D eigenvalue weighted by Gasteiger charge is -2.15. The largest absolute Gasteiger partial charge is 0.495 e. The van der Waals surface area contributed by atoms with Crippen molar-refractivity contribution < 1.29 is 13.9 Å². The highest BCUT2D eigenvalue weighted by Crippen LogP contribution is 2.46. The van der Waals surface area contributed by atoms with Gasteiger partial charge in [0.15, 0.2) is 0 Å². The molecule has 3 aromatic rings. The molecule has 0 amide bonds. The summed E-state index contributed by atoms with van der Waals surface area (Å²) in [6.07, 6.45) is 2.44. The van der Waals surface area contributed by atoms with Crippen LogP contribution in [0.1, 0.15) is 6.42 Å². The van der Waals surface area contributed by atoms with Gasteiger partial charge in [-0.3, -0.25) is 0 Å². The Bertz CT molecular complexity index is 1050. The molecule has 2 atom stereocenters. The molecule has 1 fully saturated rings. The second kappa shape index (κ2) is 8.79. The first-order valence-electron chi connectivity index (χ1n) is 9.47. The topological polar surface area (TPSA) is 68.3 Å². The second-order valence-corrected chi connectivity index (χ2v) is 7.84. The van der Waals surface area contributed by atoms with E-state index in [1.54, 1.807) is 12.3 Å². The van der Waals surface area contributed by atoms with Gasteiger partial charge in [0.05, 0.1) is 29.8 Å². The number of aromatic nitrogens is 2. The lowest BCUT2D eigenvalue weighted by Crippen LogP contribution is -2.24. The normalized spacial score (nSPS) is 18.6. The van der Waals surface area contributed by atoms with E-state index in [1.807, 2.05) is 18.2 Å². The van der Waals surface area contributed by atoms with Crippen molar-refractivity contribution in [1.82, 2.24) is 15.3 Å². The molecule has 1 saturated heterocycles. The Hall–Kier alpha value is -2.35. The highest BCUT2D eigenvalue weighted by atomic mass is 35.5. The van der Waals surface area contributed by atoms with Crippen LogP contribution in [0.4, 0.5) is 10.3 Å². The summed E-state index contributed by atoms with van der Waals surface area (Å²) >= 11 is 13.1. The first-order chi connectivity index (χ1) is 14.5. The number of nitrogens with one attached hydrogen (secondary N) is 2. The van der Waals surface area contributed by atoms with Crippen LogP contribution in [0.2, 0.25) is 10.0 Å². The van der Waals surface area contributed by atoms with Gasteiger partial charge in [0.2, 0.25) is 5.95 Å². The number of anilines is 1. The highest BCUT2D eigenvalue weighted by molar-refractivity contribution is 6.41. The molecular formula is C21H21Cl2FN4O2. The van der Waals surface area contributed by atoms with E-state index in [4.69, 9.17) is 32.7 Å². The average Bonchev–Trinajstić information content (AvgIpc) is 3.21. The van der Waals surface area contributed by atoms with Crippen molar-refractivity contribution in [2.45, 2.75) is 18.5 Å². The van der Waals surface area contributed by atoms with Gasteiger partial charge in [-0.25, -0.2) is 14.4 Å². The van der Waals surface area contributed by atoms with Crippen molar-refractivity contribution in [3.8, 4) is 22.6 Å². The van der Waals surface area contributed by atoms with Gasteiger partial charge in [0.25, 0.3) is 0 Å². The second-order valence-electron chi connectivity index (χ2n) is 7.09. The van der Waals surface area contributed by atoms with Crippen LogP contribution in [0.3, 0.4) is 0 Å². The zero-order chi connectivity index (χ0) is 21.3. The van der Waals surface area contributed by atoms with Crippen molar-refractivity contribution in [2.75, 3.05) is 32.8 Å². The monoisotopic (exact) mass is 450 g/mol. The number of rotatable bonds is 6. The third-order valence-corrected chi connectivity index (χ3v) is 5.93. The Balaban J connectivity index is 1.67. The molecule has 0 aliphatic carbocycles. The molecule has 9 heteroatoms. The van der Waals surface area contributed by atoms with E-state index in [0.29, 0.717) is 46.0 Å². The maximum Gasteiger partial charge on any atom is 0.223 e. The van der Waals surface area contributed by atoms with E-state index in [1.165, 1.54) is 14.2 Å². The summed E-state index contributed by atoms with van der Waals surface area (Å²) in [6.45, 7) is 0.309. The van der Waals surface area contributed by atoms with Crippen LogP contribution < -0.4 is 20.1 Å². The third-order valence-electron chi connectivity index (χ3n) is 5.18. The fourth-order valence-electron chi connectivity index (χ4n) is 3.63. The van der Waals surface area contributed by atoms with Gasteiger partial charge in [-0.1, -0.05) is 29.3 Å². The molecule has 30 heavy (non-hydrogen) atoms. The number of benzene rings is 2. The summed E-state index contributed by atoms with van der Waals surface area (Å²) in [4.78, 5) is 8.99. The fraction of sp³-hybridized carbons (Fsp3) is 0.333. The molecule has 1 aromatic heterocycles. The smallest absolute Gasteiger partial charge is 0.223 e. The van der Waals surface area contributed by atoms with Crippen LogP contribution >= 0.6 is 23.2 Å². The Kier molecular flexibility index (Phi) is 6.13. The van der Waals surface area contributed by atoms with E-state index in [-0.39, 0.29) is 18.8 Å². The highest BCUT2D eigenvalue weighted by Gasteiger charge is 2.24. The van der Waals surface area contributed by atoms with Gasteiger partial charge in [0.1, 0.15) is 18.2 Å². The van der Waals surface area contributed by atoms with Gasteiger partial charge >= 0.3 is 0 Å². The minimum absolute atomic E-state index is 0.101. The van der Waals surface area contributed by atoms with Crippen LogP contribution in [0.25, 0.3) is 22.0 Å². The third kappa shape index (κ3) is 3.97. The van der Waals surface area contributed by atoms with Crippen molar-refractivity contribution in [3.63, 3.8) is 0 Å². The standard InChI is InChI=1S/C21H21Cl2FN4O2/c1-29-16-7-17(30-2)20(23)18(19(16)22)11-3-4-15-12(5-11)9-26-21(28-15)27-14-6-13(8-24)25-10-14/h3-5,7,9,13-14,25H,6,8,10H2,1-2H3,(H,26,27,28)/t13-,14-/m0/s1. The molecule has 0 saturated carbocycles. The number of hydrogen-bond acceptors (Lipinski definition) is 6. The van der Waals surface area contributed by atoms with Gasteiger partial charge in [-0.15, -0.1) is 0 Å². The molecule has 1 aliphatic rings. The number of alkyl halides is 1. The van der Waals surface area contributed by atoms with Crippen molar-refractivity contribution in [2.24, 2.45) is 0 Å². The summed E-state index contributed by atoms with van der Waals surface area (Å²) in [5.41, 5.74) is 2.18. The molecule has 6 nitrogen and oxygen atoms in total. The number of methoxy groups -OCH3 is 2. The van der Waals surface area contributed by atoms with Crippen LogP contribution in [0, 0.1) is 0 Å². The molecule has 0 spiro atoms. The van der Waals surface area contributed by atoms with Gasteiger partial charge in [0, 0.05) is 41.8 Å². The van der Waals surface area contributed by atoms with E-state index in [9.17, 15) is 4.39 Å². The van der Waals surface area contributed by atoms with E-state index in [0.717, 1.165) is 16.5 Å². The summed E-state index contributed by atoms with van der Waals surface area (Å²) < 4.78 is 23.5. The number of halogens is 3. The Labute approximate surface area is 183 Å². The minimum atomic E-state index is -0.375. The Morgan fingerprint density at radius 3 is 2.53 bits per heavy atom. The number of fused-ring (bicyclic) bond motifs is 1. The van der Waals surface area contributed by atoms with Crippen molar-refractivity contribution >= 4 is 40.1 Å². The number of hydrogen-bond donors (Lipinski definition) is 2. The first-order valence-corrected chi connectivity index (χ1v) is 10.2. The zero-order valence-corrected chi connectivity index (χ0v) is 18.0. The molecule has 158 valence electrons. The zero-order valence-electron chi connectivity index (χ0n) is 16.5. The van der Waals surface area contributed by atoms with E-state index < -0.39 is 0 Å². The van der Waals surface area contributed by atoms with Gasteiger partial charge in [-0.2, -0.15) is 0 Å². The maximum atomic E-state index is 12.8. The van der Waals surface area contributed by atoms with E-state index in [2.05, 4.69) is 20.6 Å². The van der Waals surface area contributed by atoms with E-state index >= 15 is 0 Å². The quantitative estimate of drug-likeness (QED) is 0.565. The lowest BCUT2D eigenvalue weighted by molar-refractivity contribution is 0.395. The summed E-state index contributed by atoms with van der Waals surface area (Å²) in [5, 5.41) is 8.03. The molecule has 0 unspecified atom stereocenters. The van der Waals surface area contributed by atoms with Crippen molar-refractivity contribution in [3.05, 3.63) is 40.5 Å². The molecular weight excluding hydrogens is 430 g/mol.